The zero-order chi connectivity index (χ0) is 22.5. The van der Waals surface area contributed by atoms with Gasteiger partial charge in [-0.1, -0.05) is 24.3 Å². The molecule has 0 fully saturated rings. The summed E-state index contributed by atoms with van der Waals surface area (Å²) in [5.41, 5.74) is 2.30. The van der Waals surface area contributed by atoms with Gasteiger partial charge in [-0.05, 0) is 30.3 Å². The van der Waals surface area contributed by atoms with Crippen LogP contribution in [0.15, 0.2) is 60.0 Å². The maximum absolute atomic E-state index is 12.2. The lowest BCUT2D eigenvalue weighted by atomic mass is 10.1. The largest absolute Gasteiger partial charge is 0.493 e. The van der Waals surface area contributed by atoms with Crippen molar-refractivity contribution in [3.05, 3.63) is 65.7 Å². The number of carbonyl (C=O) groups excluding carboxylic acids is 2. The molecule has 162 valence electrons. The van der Waals surface area contributed by atoms with Gasteiger partial charge in [0, 0.05) is 16.3 Å². The quantitative estimate of drug-likeness (QED) is 0.423. The molecule has 2 aromatic heterocycles. The molecule has 0 aliphatic rings. The van der Waals surface area contributed by atoms with Crippen LogP contribution in [-0.4, -0.2) is 42.7 Å². The van der Waals surface area contributed by atoms with Gasteiger partial charge in [-0.3, -0.25) is 10.1 Å². The van der Waals surface area contributed by atoms with Crippen LogP contribution in [0.3, 0.4) is 0 Å². The van der Waals surface area contributed by atoms with Gasteiger partial charge in [0.15, 0.2) is 23.2 Å². The van der Waals surface area contributed by atoms with Crippen molar-refractivity contribution in [2.24, 2.45) is 0 Å². The summed E-state index contributed by atoms with van der Waals surface area (Å²) < 4.78 is 15.6. The minimum Gasteiger partial charge on any atom is -0.493 e. The number of amides is 1. The number of hydrogen-bond acceptors (Lipinski definition) is 8. The van der Waals surface area contributed by atoms with Crippen molar-refractivity contribution in [1.82, 2.24) is 9.97 Å². The number of para-hydroxylation sites is 1. The van der Waals surface area contributed by atoms with Gasteiger partial charge in [0.1, 0.15) is 5.69 Å². The maximum atomic E-state index is 12.2. The number of pyridine rings is 1. The first-order valence-corrected chi connectivity index (χ1v) is 10.5. The molecule has 0 saturated carbocycles. The number of carbonyl (C=O) groups is 2. The molecule has 8 nitrogen and oxygen atoms in total. The molecule has 0 aliphatic carbocycles. The number of ether oxygens (including phenoxy) is 3. The first-order chi connectivity index (χ1) is 15.6. The second kappa shape index (κ2) is 9.44. The van der Waals surface area contributed by atoms with Crippen LogP contribution < -0.4 is 14.8 Å². The Morgan fingerprint density at radius 3 is 2.59 bits per heavy atom. The fourth-order valence-corrected chi connectivity index (χ4v) is 3.74. The zero-order valence-corrected chi connectivity index (χ0v) is 18.1. The van der Waals surface area contributed by atoms with Crippen LogP contribution in [0.1, 0.15) is 10.5 Å². The molecular formula is C23H19N3O5S. The van der Waals surface area contributed by atoms with E-state index in [9.17, 15) is 9.59 Å². The molecule has 0 atom stereocenters. The number of thiazole rings is 1. The van der Waals surface area contributed by atoms with Gasteiger partial charge in [-0.25, -0.2) is 14.8 Å². The number of rotatable bonds is 7. The Balaban J connectivity index is 1.36. The molecule has 2 aromatic carbocycles. The number of aromatic nitrogens is 2. The summed E-state index contributed by atoms with van der Waals surface area (Å²) in [4.78, 5) is 33.1. The van der Waals surface area contributed by atoms with Crippen LogP contribution in [0, 0.1) is 0 Å². The number of fused-ring (bicyclic) bond motifs is 1. The van der Waals surface area contributed by atoms with Crippen LogP contribution in [0.2, 0.25) is 0 Å². The molecule has 0 spiro atoms. The van der Waals surface area contributed by atoms with E-state index >= 15 is 0 Å². The van der Waals surface area contributed by atoms with Crippen molar-refractivity contribution in [2.45, 2.75) is 0 Å². The van der Waals surface area contributed by atoms with Gasteiger partial charge in [-0.15, -0.1) is 11.3 Å². The highest BCUT2D eigenvalue weighted by atomic mass is 32.1. The lowest BCUT2D eigenvalue weighted by Gasteiger charge is -2.08. The summed E-state index contributed by atoms with van der Waals surface area (Å²) in [5.74, 6) is 0.0314. The highest BCUT2D eigenvalue weighted by Crippen LogP contribution is 2.33. The Kier molecular flexibility index (Phi) is 6.27. The fourth-order valence-electron chi connectivity index (χ4n) is 3.00. The SMILES string of the molecule is COc1ccc(-c2csc(NC(=O)COC(=O)c3ccc4ccccc4n3)n2)cc1OC. The number of anilines is 1. The molecule has 4 aromatic rings. The van der Waals surface area contributed by atoms with Gasteiger partial charge in [0.25, 0.3) is 5.91 Å². The molecule has 4 rings (SSSR count). The predicted octanol–water partition coefficient (Wildman–Crippen LogP) is 4.17. The minimum atomic E-state index is -0.670. The lowest BCUT2D eigenvalue weighted by Crippen LogP contribution is -2.21. The van der Waals surface area contributed by atoms with Gasteiger partial charge in [-0.2, -0.15) is 0 Å². The van der Waals surface area contributed by atoms with E-state index in [2.05, 4.69) is 15.3 Å². The number of esters is 1. The summed E-state index contributed by atoms with van der Waals surface area (Å²) >= 11 is 1.26. The second-order valence-corrected chi connectivity index (χ2v) is 7.48. The first-order valence-electron chi connectivity index (χ1n) is 9.58. The van der Waals surface area contributed by atoms with Crippen molar-refractivity contribution < 1.29 is 23.8 Å². The van der Waals surface area contributed by atoms with Crippen molar-refractivity contribution in [2.75, 3.05) is 26.1 Å². The topological polar surface area (TPSA) is 99.6 Å². The normalized spacial score (nSPS) is 10.6. The highest BCUT2D eigenvalue weighted by Gasteiger charge is 2.14. The van der Waals surface area contributed by atoms with Crippen molar-refractivity contribution in [3.8, 4) is 22.8 Å². The third kappa shape index (κ3) is 4.68. The monoisotopic (exact) mass is 449 g/mol. The van der Waals surface area contributed by atoms with Crippen molar-refractivity contribution >= 4 is 39.2 Å². The summed E-state index contributed by atoms with van der Waals surface area (Å²) in [6.45, 7) is -0.446. The van der Waals surface area contributed by atoms with E-state index in [0.717, 1.165) is 10.9 Å². The van der Waals surface area contributed by atoms with Crippen LogP contribution in [0.5, 0.6) is 11.5 Å². The van der Waals surface area contributed by atoms with Gasteiger partial charge in [0.2, 0.25) is 0 Å². The van der Waals surface area contributed by atoms with Crippen molar-refractivity contribution in [1.29, 1.82) is 0 Å². The number of benzene rings is 2. The molecule has 0 unspecified atom stereocenters. The van der Waals surface area contributed by atoms with E-state index in [1.807, 2.05) is 29.6 Å². The molecule has 1 amide bonds. The summed E-state index contributed by atoms with van der Waals surface area (Å²) in [5, 5.41) is 5.74. The Hall–Kier alpha value is -3.98. The Morgan fingerprint density at radius 2 is 1.78 bits per heavy atom. The summed E-state index contributed by atoms with van der Waals surface area (Å²) in [6, 6.07) is 16.2. The van der Waals surface area contributed by atoms with Crippen molar-refractivity contribution in [3.63, 3.8) is 0 Å². The minimum absolute atomic E-state index is 0.140. The van der Waals surface area contributed by atoms with E-state index in [0.29, 0.717) is 27.8 Å². The number of hydrogen-bond donors (Lipinski definition) is 1. The third-order valence-corrected chi connectivity index (χ3v) is 5.33. The van der Waals surface area contributed by atoms with E-state index in [1.54, 1.807) is 44.6 Å². The zero-order valence-electron chi connectivity index (χ0n) is 17.3. The molecule has 0 aliphatic heterocycles. The second-order valence-electron chi connectivity index (χ2n) is 6.62. The van der Waals surface area contributed by atoms with Crippen LogP contribution in [0.25, 0.3) is 22.2 Å². The van der Waals surface area contributed by atoms with Gasteiger partial charge < -0.3 is 14.2 Å². The van der Waals surface area contributed by atoms with E-state index in [1.165, 1.54) is 11.3 Å². The van der Waals surface area contributed by atoms with E-state index in [4.69, 9.17) is 14.2 Å². The van der Waals surface area contributed by atoms with E-state index in [-0.39, 0.29) is 5.69 Å². The summed E-state index contributed by atoms with van der Waals surface area (Å²) in [7, 11) is 3.12. The maximum Gasteiger partial charge on any atom is 0.357 e. The fraction of sp³-hybridized carbons (Fsp3) is 0.130. The Labute approximate surface area is 187 Å². The molecule has 2 heterocycles. The Morgan fingerprint density at radius 1 is 0.969 bits per heavy atom. The van der Waals surface area contributed by atoms with Crippen LogP contribution >= 0.6 is 11.3 Å². The molecule has 32 heavy (non-hydrogen) atoms. The number of nitrogens with zero attached hydrogens (tertiary/aromatic N) is 2. The summed E-state index contributed by atoms with van der Waals surface area (Å²) in [6.07, 6.45) is 0. The molecule has 0 radical (unpaired) electrons. The first kappa shape index (κ1) is 21.3. The van der Waals surface area contributed by atoms with Crippen LogP contribution in [0.4, 0.5) is 5.13 Å². The Bertz CT molecular complexity index is 1290. The standard InChI is InChI=1S/C23H19N3O5S/c1-29-19-10-8-15(11-20(19)30-2)18-13-32-23(25-18)26-21(27)12-31-22(28)17-9-7-14-5-3-4-6-16(14)24-17/h3-11,13H,12H2,1-2H3,(H,25,26,27). The van der Waals surface area contributed by atoms with Gasteiger partial charge in [0.05, 0.1) is 25.4 Å². The average Bonchev–Trinajstić information content (AvgIpc) is 3.30. The molecule has 9 heteroatoms. The molecule has 0 saturated heterocycles. The van der Waals surface area contributed by atoms with E-state index < -0.39 is 18.5 Å². The molecule has 0 bridgehead atoms. The third-order valence-electron chi connectivity index (χ3n) is 4.57. The van der Waals surface area contributed by atoms with Crippen LogP contribution in [-0.2, 0) is 9.53 Å². The molecular weight excluding hydrogens is 430 g/mol. The number of nitrogens with one attached hydrogen (secondary N) is 1. The smallest absolute Gasteiger partial charge is 0.357 e. The average molecular weight is 449 g/mol. The lowest BCUT2D eigenvalue weighted by molar-refractivity contribution is -0.119. The highest BCUT2D eigenvalue weighted by molar-refractivity contribution is 7.14. The van der Waals surface area contributed by atoms with Gasteiger partial charge >= 0.3 is 5.97 Å². The number of methoxy groups -OCH3 is 2. The molecule has 1 N–H and O–H groups in total. The predicted molar refractivity (Wildman–Crippen MR) is 121 cm³/mol.